The molecule has 0 saturated carbocycles. The van der Waals surface area contributed by atoms with Crippen molar-refractivity contribution >= 4 is 0 Å². The van der Waals surface area contributed by atoms with E-state index in [9.17, 15) is 5.11 Å². The summed E-state index contributed by atoms with van der Waals surface area (Å²) in [5.41, 5.74) is 4.14. The van der Waals surface area contributed by atoms with Gasteiger partial charge in [-0.3, -0.25) is 0 Å². The van der Waals surface area contributed by atoms with Gasteiger partial charge in [-0.25, -0.2) is 0 Å². The van der Waals surface area contributed by atoms with E-state index in [4.69, 9.17) is 0 Å². The predicted molar refractivity (Wildman–Crippen MR) is 68.9 cm³/mol. The summed E-state index contributed by atoms with van der Waals surface area (Å²) in [6.07, 6.45) is 1.46. The van der Waals surface area contributed by atoms with Gasteiger partial charge in [0, 0.05) is 12.8 Å². The van der Waals surface area contributed by atoms with Gasteiger partial charge in [-0.1, -0.05) is 54.1 Å². The molecule has 1 atom stereocenters. The molecule has 1 unspecified atom stereocenters. The fourth-order valence-electron chi connectivity index (χ4n) is 2.74. The average Bonchev–Trinajstić information content (AvgIpc) is 2.67. The molecule has 0 fully saturated rings. The first-order valence-corrected chi connectivity index (χ1v) is 6.04. The lowest BCUT2D eigenvalue weighted by molar-refractivity contribution is 0.0482. The average molecular weight is 224 g/mol. The van der Waals surface area contributed by atoms with Gasteiger partial charge in [0.2, 0.25) is 0 Å². The number of benzene rings is 2. The molecule has 17 heavy (non-hydrogen) atoms. The molecule has 3 rings (SSSR count). The topological polar surface area (TPSA) is 20.2 Å². The highest BCUT2D eigenvalue weighted by Gasteiger charge is 2.36. The van der Waals surface area contributed by atoms with Crippen LogP contribution in [0.15, 0.2) is 48.5 Å². The van der Waals surface area contributed by atoms with Gasteiger partial charge >= 0.3 is 0 Å². The van der Waals surface area contributed by atoms with E-state index in [1.165, 1.54) is 16.7 Å². The zero-order valence-electron chi connectivity index (χ0n) is 9.98. The summed E-state index contributed by atoms with van der Waals surface area (Å²) >= 11 is 0. The smallest absolute Gasteiger partial charge is 0.0977 e. The largest absolute Gasteiger partial charge is 0.384 e. The zero-order valence-corrected chi connectivity index (χ0v) is 9.98. The van der Waals surface area contributed by atoms with Gasteiger partial charge in [0.1, 0.15) is 0 Å². The summed E-state index contributed by atoms with van der Waals surface area (Å²) in [6, 6.07) is 16.4. The quantitative estimate of drug-likeness (QED) is 0.789. The van der Waals surface area contributed by atoms with Crippen molar-refractivity contribution in [2.45, 2.75) is 25.4 Å². The number of aliphatic hydroxyl groups is 1. The van der Waals surface area contributed by atoms with Crippen molar-refractivity contribution in [3.63, 3.8) is 0 Å². The van der Waals surface area contributed by atoms with Crippen LogP contribution >= 0.6 is 0 Å². The first-order valence-electron chi connectivity index (χ1n) is 6.04. The van der Waals surface area contributed by atoms with Gasteiger partial charge in [-0.05, 0) is 23.6 Å². The van der Waals surface area contributed by atoms with Crippen molar-refractivity contribution < 1.29 is 5.11 Å². The number of fused-ring (bicyclic) bond motifs is 1. The molecule has 1 nitrogen and oxygen atoms in total. The second kappa shape index (κ2) is 3.71. The van der Waals surface area contributed by atoms with E-state index in [0.717, 1.165) is 18.4 Å². The maximum Gasteiger partial charge on any atom is 0.0977 e. The van der Waals surface area contributed by atoms with E-state index in [-0.39, 0.29) is 0 Å². The Hall–Kier alpha value is -1.60. The number of hydrogen-bond donors (Lipinski definition) is 1. The molecule has 0 bridgehead atoms. The lowest BCUT2D eigenvalue weighted by atomic mass is 9.91. The van der Waals surface area contributed by atoms with Crippen molar-refractivity contribution in [1.82, 2.24) is 0 Å². The van der Waals surface area contributed by atoms with Crippen molar-refractivity contribution in [1.29, 1.82) is 0 Å². The summed E-state index contributed by atoms with van der Waals surface area (Å²) in [7, 11) is 0. The molecule has 0 aromatic heterocycles. The van der Waals surface area contributed by atoms with Crippen LogP contribution in [-0.4, -0.2) is 5.11 Å². The molecule has 1 aliphatic rings. The molecule has 0 amide bonds. The number of aryl methyl sites for hydroxylation is 1. The fraction of sp³-hybridized carbons (Fsp3) is 0.250. The van der Waals surface area contributed by atoms with Crippen LogP contribution in [0.4, 0.5) is 0 Å². The van der Waals surface area contributed by atoms with Crippen LogP contribution in [0.2, 0.25) is 0 Å². The molecule has 2 aromatic carbocycles. The number of hydrogen-bond acceptors (Lipinski definition) is 1. The van der Waals surface area contributed by atoms with Gasteiger partial charge in [0.25, 0.3) is 0 Å². The summed E-state index contributed by atoms with van der Waals surface area (Å²) < 4.78 is 0. The van der Waals surface area contributed by atoms with Crippen molar-refractivity contribution in [2.75, 3.05) is 0 Å². The first kappa shape index (κ1) is 10.5. The predicted octanol–water partition coefficient (Wildman–Crippen LogP) is 2.98. The van der Waals surface area contributed by atoms with Crippen LogP contribution < -0.4 is 0 Å². The molecule has 0 radical (unpaired) electrons. The van der Waals surface area contributed by atoms with Crippen molar-refractivity contribution in [3.8, 4) is 0 Å². The Kier molecular flexibility index (Phi) is 2.30. The molecule has 0 saturated heterocycles. The third kappa shape index (κ3) is 1.77. The molecular formula is C16H16O. The minimum atomic E-state index is -0.711. The van der Waals surface area contributed by atoms with E-state index in [1.807, 2.05) is 30.3 Å². The van der Waals surface area contributed by atoms with Gasteiger partial charge < -0.3 is 5.11 Å². The SMILES string of the molecule is Cc1ccc2c(c1)CC(O)(c1ccccc1)C2. The van der Waals surface area contributed by atoms with Crippen LogP contribution in [-0.2, 0) is 18.4 Å². The highest BCUT2D eigenvalue weighted by Crippen LogP contribution is 2.37. The van der Waals surface area contributed by atoms with Crippen molar-refractivity contribution in [3.05, 3.63) is 70.8 Å². The van der Waals surface area contributed by atoms with Gasteiger partial charge in [0.15, 0.2) is 0 Å². The summed E-state index contributed by atoms with van der Waals surface area (Å²) in [5.74, 6) is 0. The Morgan fingerprint density at radius 3 is 2.41 bits per heavy atom. The molecule has 0 spiro atoms. The molecule has 1 aliphatic carbocycles. The number of rotatable bonds is 1. The van der Waals surface area contributed by atoms with Crippen LogP contribution in [0.5, 0.6) is 0 Å². The highest BCUT2D eigenvalue weighted by molar-refractivity contribution is 5.41. The molecule has 1 heteroatoms. The minimum absolute atomic E-state index is 0.711. The molecule has 86 valence electrons. The third-order valence-electron chi connectivity index (χ3n) is 3.64. The molecule has 0 heterocycles. The normalized spacial score (nSPS) is 22.5. The molecule has 2 aromatic rings. The van der Waals surface area contributed by atoms with E-state index < -0.39 is 5.60 Å². The Bertz CT molecular complexity index is 545. The Morgan fingerprint density at radius 1 is 0.941 bits per heavy atom. The maximum atomic E-state index is 10.8. The minimum Gasteiger partial charge on any atom is -0.384 e. The molecular weight excluding hydrogens is 208 g/mol. The van der Waals surface area contributed by atoms with Gasteiger partial charge in [-0.2, -0.15) is 0 Å². The van der Waals surface area contributed by atoms with Crippen LogP contribution in [0, 0.1) is 6.92 Å². The second-order valence-corrected chi connectivity index (χ2v) is 5.02. The van der Waals surface area contributed by atoms with Crippen molar-refractivity contribution in [2.24, 2.45) is 0 Å². The Labute approximate surface area is 102 Å². The highest BCUT2D eigenvalue weighted by atomic mass is 16.3. The lowest BCUT2D eigenvalue weighted by Gasteiger charge is -2.22. The van der Waals surface area contributed by atoms with E-state index in [0.29, 0.717) is 0 Å². The van der Waals surface area contributed by atoms with Gasteiger partial charge in [-0.15, -0.1) is 0 Å². The Balaban J connectivity index is 2.00. The zero-order chi connectivity index (χ0) is 11.9. The lowest BCUT2D eigenvalue weighted by Crippen LogP contribution is -2.25. The van der Waals surface area contributed by atoms with Crippen LogP contribution in [0.1, 0.15) is 22.3 Å². The maximum absolute atomic E-state index is 10.8. The Morgan fingerprint density at radius 2 is 1.65 bits per heavy atom. The second-order valence-electron chi connectivity index (χ2n) is 5.02. The monoisotopic (exact) mass is 224 g/mol. The summed E-state index contributed by atoms with van der Waals surface area (Å²) in [6.45, 7) is 2.10. The van der Waals surface area contributed by atoms with Crippen LogP contribution in [0.3, 0.4) is 0 Å². The fourth-order valence-corrected chi connectivity index (χ4v) is 2.74. The summed E-state index contributed by atoms with van der Waals surface area (Å²) in [4.78, 5) is 0. The van der Waals surface area contributed by atoms with Crippen LogP contribution in [0.25, 0.3) is 0 Å². The molecule has 1 N–H and O–H groups in total. The van der Waals surface area contributed by atoms with E-state index in [2.05, 4.69) is 25.1 Å². The molecule has 0 aliphatic heterocycles. The third-order valence-corrected chi connectivity index (χ3v) is 3.64. The van der Waals surface area contributed by atoms with Gasteiger partial charge in [0.05, 0.1) is 5.60 Å². The summed E-state index contributed by atoms with van der Waals surface area (Å²) in [5, 5.41) is 10.8. The van der Waals surface area contributed by atoms with E-state index in [1.54, 1.807) is 0 Å². The standard InChI is InChI=1S/C16H16O/c1-12-7-8-13-10-16(17,11-14(13)9-12)15-5-3-2-4-6-15/h2-9,17H,10-11H2,1H3. The first-order chi connectivity index (χ1) is 8.17. The van der Waals surface area contributed by atoms with E-state index >= 15 is 0 Å².